The van der Waals surface area contributed by atoms with Crippen molar-refractivity contribution in [2.24, 2.45) is 0 Å². The number of nitriles is 1. The average molecular weight is 399 g/mol. The van der Waals surface area contributed by atoms with Crippen molar-refractivity contribution in [2.45, 2.75) is 0 Å². The van der Waals surface area contributed by atoms with Gasteiger partial charge in [-0.3, -0.25) is 4.79 Å². The molecule has 0 bridgehead atoms. The van der Waals surface area contributed by atoms with Crippen LogP contribution in [0.3, 0.4) is 0 Å². The largest absolute Gasteiger partial charge is 0.484 e. The van der Waals surface area contributed by atoms with Crippen molar-refractivity contribution in [3.63, 3.8) is 0 Å². The van der Waals surface area contributed by atoms with Crippen LogP contribution in [0, 0.1) is 11.3 Å². The van der Waals surface area contributed by atoms with Crippen molar-refractivity contribution >= 4 is 11.9 Å². The van der Waals surface area contributed by atoms with Crippen LogP contribution in [0.4, 0.5) is 5.95 Å². The first-order valence-corrected chi connectivity index (χ1v) is 9.76. The normalized spacial score (nSPS) is 13.6. The molecule has 2 heterocycles. The summed E-state index contributed by atoms with van der Waals surface area (Å²) in [5, 5.41) is 8.89. The summed E-state index contributed by atoms with van der Waals surface area (Å²) < 4.78 is 5.69. The summed E-state index contributed by atoms with van der Waals surface area (Å²) in [4.78, 5) is 24.9. The molecule has 30 heavy (non-hydrogen) atoms. The van der Waals surface area contributed by atoms with E-state index in [9.17, 15) is 4.79 Å². The van der Waals surface area contributed by atoms with Gasteiger partial charge in [0.15, 0.2) is 6.61 Å². The van der Waals surface area contributed by atoms with Crippen molar-refractivity contribution < 1.29 is 9.53 Å². The van der Waals surface area contributed by atoms with Gasteiger partial charge in [-0.15, -0.1) is 0 Å². The molecule has 1 aliphatic rings. The Morgan fingerprint density at radius 3 is 2.13 bits per heavy atom. The van der Waals surface area contributed by atoms with Gasteiger partial charge >= 0.3 is 0 Å². The molecule has 1 fully saturated rings. The summed E-state index contributed by atoms with van der Waals surface area (Å²) in [7, 11) is 0. The van der Waals surface area contributed by atoms with Gasteiger partial charge in [0, 0.05) is 38.6 Å². The maximum Gasteiger partial charge on any atom is 0.260 e. The van der Waals surface area contributed by atoms with Crippen LogP contribution >= 0.6 is 0 Å². The van der Waals surface area contributed by atoms with Crippen molar-refractivity contribution in [3.8, 4) is 22.9 Å². The van der Waals surface area contributed by atoms with Gasteiger partial charge in [-0.2, -0.15) is 5.26 Å². The number of nitrogens with zero attached hydrogens (tertiary/aromatic N) is 5. The molecule has 0 radical (unpaired) electrons. The SMILES string of the molecule is N#Cc1ccc(-c2ccc(OCC(=O)N3CCN(c4ncccn4)CC3)cc2)cc1. The molecule has 4 rings (SSSR count). The summed E-state index contributed by atoms with van der Waals surface area (Å²) in [6.45, 7) is 2.66. The number of carbonyl (C=O) groups is 1. The average Bonchev–Trinajstić information content (AvgIpc) is 2.83. The highest BCUT2D eigenvalue weighted by molar-refractivity contribution is 5.78. The third-order valence-corrected chi connectivity index (χ3v) is 5.03. The van der Waals surface area contributed by atoms with Crippen LogP contribution in [0.1, 0.15) is 5.56 Å². The van der Waals surface area contributed by atoms with E-state index in [-0.39, 0.29) is 12.5 Å². The molecule has 0 atom stereocenters. The van der Waals surface area contributed by atoms with Gasteiger partial charge in [-0.25, -0.2) is 9.97 Å². The predicted molar refractivity (Wildman–Crippen MR) is 113 cm³/mol. The molecule has 0 saturated carbocycles. The lowest BCUT2D eigenvalue weighted by Crippen LogP contribution is -2.50. The van der Waals surface area contributed by atoms with E-state index in [1.54, 1.807) is 30.6 Å². The number of anilines is 1. The highest BCUT2D eigenvalue weighted by Gasteiger charge is 2.22. The fourth-order valence-electron chi connectivity index (χ4n) is 3.33. The maximum absolute atomic E-state index is 12.5. The van der Waals surface area contributed by atoms with Crippen LogP contribution in [0.2, 0.25) is 0 Å². The van der Waals surface area contributed by atoms with E-state index < -0.39 is 0 Å². The Hall–Kier alpha value is -3.92. The molecule has 1 aromatic heterocycles. The zero-order valence-corrected chi connectivity index (χ0v) is 16.4. The Kier molecular flexibility index (Phi) is 5.85. The van der Waals surface area contributed by atoms with Gasteiger partial charge in [0.2, 0.25) is 5.95 Å². The number of benzene rings is 2. The summed E-state index contributed by atoms with van der Waals surface area (Å²) in [6, 6.07) is 18.9. The first-order valence-electron chi connectivity index (χ1n) is 9.76. The third-order valence-electron chi connectivity index (χ3n) is 5.03. The number of hydrogen-bond acceptors (Lipinski definition) is 6. The van der Waals surface area contributed by atoms with Gasteiger partial charge in [-0.05, 0) is 41.5 Å². The molecule has 0 aliphatic carbocycles. The van der Waals surface area contributed by atoms with Crippen LogP contribution in [0.5, 0.6) is 5.75 Å². The molecule has 7 nitrogen and oxygen atoms in total. The summed E-state index contributed by atoms with van der Waals surface area (Å²) >= 11 is 0. The Bertz CT molecular complexity index is 1020. The van der Waals surface area contributed by atoms with Gasteiger partial charge in [0.05, 0.1) is 11.6 Å². The predicted octanol–water partition coefficient (Wildman–Crippen LogP) is 2.74. The Labute approximate surface area is 175 Å². The molecule has 0 N–H and O–H groups in total. The van der Waals surface area contributed by atoms with Crippen LogP contribution in [-0.2, 0) is 4.79 Å². The third kappa shape index (κ3) is 4.55. The van der Waals surface area contributed by atoms with Crippen LogP contribution in [-0.4, -0.2) is 53.6 Å². The molecule has 3 aromatic rings. The lowest BCUT2D eigenvalue weighted by molar-refractivity contribution is -0.133. The summed E-state index contributed by atoms with van der Waals surface area (Å²) in [6.07, 6.45) is 3.45. The molecular weight excluding hydrogens is 378 g/mol. The van der Waals surface area contributed by atoms with Crippen LogP contribution in [0.25, 0.3) is 11.1 Å². The van der Waals surface area contributed by atoms with E-state index in [1.165, 1.54) is 0 Å². The summed E-state index contributed by atoms with van der Waals surface area (Å²) in [5.74, 6) is 1.32. The Morgan fingerprint density at radius 1 is 0.933 bits per heavy atom. The van der Waals surface area contributed by atoms with Gasteiger partial charge < -0.3 is 14.5 Å². The number of rotatable bonds is 5. The first-order chi connectivity index (χ1) is 14.7. The molecule has 1 saturated heterocycles. The minimum absolute atomic E-state index is 0.0120. The molecule has 2 aromatic carbocycles. The number of piperazine rings is 1. The molecule has 1 amide bonds. The van der Waals surface area contributed by atoms with Gasteiger partial charge in [0.25, 0.3) is 5.91 Å². The number of hydrogen-bond donors (Lipinski definition) is 0. The number of ether oxygens (including phenoxy) is 1. The fourth-order valence-corrected chi connectivity index (χ4v) is 3.33. The lowest BCUT2D eigenvalue weighted by atomic mass is 10.0. The monoisotopic (exact) mass is 399 g/mol. The maximum atomic E-state index is 12.5. The fraction of sp³-hybridized carbons (Fsp3) is 0.217. The van der Waals surface area contributed by atoms with Crippen LogP contribution in [0.15, 0.2) is 67.0 Å². The molecule has 0 spiro atoms. The molecule has 7 heteroatoms. The van der Waals surface area contributed by atoms with E-state index >= 15 is 0 Å². The van der Waals surface area contributed by atoms with E-state index in [2.05, 4.69) is 20.9 Å². The minimum atomic E-state index is -0.0280. The Morgan fingerprint density at radius 2 is 1.53 bits per heavy atom. The zero-order valence-electron chi connectivity index (χ0n) is 16.4. The first kappa shape index (κ1) is 19.4. The number of aromatic nitrogens is 2. The van der Waals surface area contributed by atoms with Crippen molar-refractivity contribution in [2.75, 3.05) is 37.7 Å². The smallest absolute Gasteiger partial charge is 0.260 e. The quantitative estimate of drug-likeness (QED) is 0.656. The Balaban J connectivity index is 1.27. The van der Waals surface area contributed by atoms with E-state index in [0.29, 0.717) is 43.4 Å². The van der Waals surface area contributed by atoms with Crippen molar-refractivity contribution in [1.29, 1.82) is 5.26 Å². The molecule has 0 unspecified atom stereocenters. The van der Waals surface area contributed by atoms with E-state index in [4.69, 9.17) is 10.00 Å². The second kappa shape index (κ2) is 9.05. The van der Waals surface area contributed by atoms with Gasteiger partial charge in [0.1, 0.15) is 5.75 Å². The number of carbonyl (C=O) groups excluding carboxylic acids is 1. The number of amides is 1. The molecule has 150 valence electrons. The molecular formula is C23H21N5O2. The second-order valence-corrected chi connectivity index (χ2v) is 6.92. The second-order valence-electron chi connectivity index (χ2n) is 6.92. The topological polar surface area (TPSA) is 82.4 Å². The van der Waals surface area contributed by atoms with Crippen LogP contribution < -0.4 is 9.64 Å². The minimum Gasteiger partial charge on any atom is -0.484 e. The highest BCUT2D eigenvalue weighted by atomic mass is 16.5. The van der Waals surface area contributed by atoms with E-state index in [1.807, 2.05) is 41.3 Å². The highest BCUT2D eigenvalue weighted by Crippen LogP contribution is 2.23. The van der Waals surface area contributed by atoms with Crippen molar-refractivity contribution in [1.82, 2.24) is 14.9 Å². The standard InChI is InChI=1S/C23H21N5O2/c24-16-18-2-4-19(5-3-18)20-6-8-21(9-7-20)30-17-22(29)27-12-14-28(15-13-27)23-25-10-1-11-26-23/h1-11H,12-15,17H2. The lowest BCUT2D eigenvalue weighted by Gasteiger charge is -2.34. The van der Waals surface area contributed by atoms with E-state index in [0.717, 1.165) is 11.1 Å². The zero-order chi connectivity index (χ0) is 20.8. The van der Waals surface area contributed by atoms with Gasteiger partial charge in [-0.1, -0.05) is 24.3 Å². The molecule has 1 aliphatic heterocycles. The van der Waals surface area contributed by atoms with Crippen molar-refractivity contribution in [3.05, 3.63) is 72.6 Å². The summed E-state index contributed by atoms with van der Waals surface area (Å²) in [5.41, 5.74) is 2.68.